The molecule has 3 aromatic rings. The minimum absolute atomic E-state index is 0.103. The number of benzene rings is 2. The Morgan fingerprint density at radius 3 is 2.14 bits per heavy atom. The molecule has 1 unspecified atom stereocenters. The summed E-state index contributed by atoms with van der Waals surface area (Å²) in [4.78, 5) is 61.9. The van der Waals surface area contributed by atoms with Crippen LogP contribution in [0.15, 0.2) is 77.6 Å². The van der Waals surface area contributed by atoms with Crippen LogP contribution in [0.4, 0.5) is 5.69 Å². The van der Waals surface area contributed by atoms with Crippen LogP contribution in [0, 0.1) is 0 Å². The van der Waals surface area contributed by atoms with Crippen LogP contribution in [-0.2, 0) is 25.6 Å². The van der Waals surface area contributed by atoms with Gasteiger partial charge in [0.1, 0.15) is 11.7 Å². The normalized spacial score (nSPS) is 11.3. The van der Waals surface area contributed by atoms with E-state index in [1.54, 1.807) is 30.3 Å². The maximum absolute atomic E-state index is 13.5. The van der Waals surface area contributed by atoms with E-state index in [4.69, 9.17) is 0 Å². The van der Waals surface area contributed by atoms with Crippen LogP contribution in [0.25, 0.3) is 11.3 Å². The first kappa shape index (κ1) is 25.1. The molecule has 1 heterocycles. The minimum Gasteiger partial charge on any atom is -0.481 e. The Labute approximate surface area is 201 Å². The van der Waals surface area contributed by atoms with Crippen molar-refractivity contribution >= 4 is 29.4 Å². The number of pyridine rings is 1. The average Bonchev–Trinajstić information content (AvgIpc) is 2.83. The Kier molecular flexibility index (Phi) is 8.29. The van der Waals surface area contributed by atoms with Gasteiger partial charge >= 0.3 is 5.97 Å². The molecular weight excluding hydrogens is 450 g/mol. The van der Waals surface area contributed by atoms with Gasteiger partial charge in [-0.05, 0) is 29.7 Å². The van der Waals surface area contributed by atoms with E-state index in [0.29, 0.717) is 12.0 Å². The summed E-state index contributed by atoms with van der Waals surface area (Å²) in [6.07, 6.45) is -0.164. The highest BCUT2D eigenvalue weighted by molar-refractivity contribution is 5.97. The van der Waals surface area contributed by atoms with Crippen LogP contribution < -0.4 is 16.2 Å². The molecule has 3 rings (SSSR count). The number of carbonyl (C=O) groups excluding carboxylic acids is 3. The third kappa shape index (κ3) is 6.73. The fourth-order valence-electron chi connectivity index (χ4n) is 3.64. The van der Waals surface area contributed by atoms with Crippen LogP contribution in [-0.4, -0.2) is 33.4 Å². The molecule has 0 saturated carbocycles. The predicted molar refractivity (Wildman–Crippen MR) is 130 cm³/mol. The topological polar surface area (TPSA) is 135 Å². The second-order valence-electron chi connectivity index (χ2n) is 7.87. The first-order valence-electron chi connectivity index (χ1n) is 10.9. The number of aryl methyl sites for hydroxylation is 1. The van der Waals surface area contributed by atoms with Gasteiger partial charge in [0.15, 0.2) is 0 Å². The Bertz CT molecular complexity index is 1290. The van der Waals surface area contributed by atoms with Gasteiger partial charge in [-0.25, -0.2) is 0 Å². The molecule has 9 heteroatoms. The first-order valence-corrected chi connectivity index (χ1v) is 10.9. The van der Waals surface area contributed by atoms with E-state index in [0.717, 1.165) is 17.1 Å². The van der Waals surface area contributed by atoms with E-state index < -0.39 is 41.7 Å². The number of hydrogen-bond donors (Lipinski definition) is 3. The van der Waals surface area contributed by atoms with Gasteiger partial charge in [0.05, 0.1) is 12.1 Å². The second kappa shape index (κ2) is 11.6. The lowest BCUT2D eigenvalue weighted by Crippen LogP contribution is -2.41. The van der Waals surface area contributed by atoms with E-state index in [9.17, 15) is 29.1 Å². The quantitative estimate of drug-likeness (QED) is 0.436. The van der Waals surface area contributed by atoms with Gasteiger partial charge in [-0.3, -0.25) is 33.9 Å². The molecule has 0 spiro atoms. The summed E-state index contributed by atoms with van der Waals surface area (Å²) in [5, 5.41) is 14.1. The van der Waals surface area contributed by atoms with Crippen molar-refractivity contribution in [3.63, 3.8) is 0 Å². The van der Waals surface area contributed by atoms with E-state index in [1.807, 2.05) is 30.3 Å². The number of carboxylic acids is 1. The van der Waals surface area contributed by atoms with Crippen molar-refractivity contribution in [3.8, 4) is 11.3 Å². The zero-order valence-electron chi connectivity index (χ0n) is 19.1. The summed E-state index contributed by atoms with van der Waals surface area (Å²) >= 11 is 0. The molecule has 35 heavy (non-hydrogen) atoms. The van der Waals surface area contributed by atoms with Crippen LogP contribution in [0.5, 0.6) is 0 Å². The number of amides is 3. The number of aromatic nitrogens is 1. The molecule has 3 N–H and O–H groups in total. The predicted octanol–water partition coefficient (Wildman–Crippen LogP) is 2.77. The van der Waals surface area contributed by atoms with Gasteiger partial charge in [0.2, 0.25) is 17.7 Å². The SMILES string of the molecule is CC(=O)NC(=O)C(CC(=O)O)n1c(-c2ccccc2)ccc(NC(=O)CCc2ccccc2)c1=O. The summed E-state index contributed by atoms with van der Waals surface area (Å²) in [7, 11) is 0. The standard InChI is InChI=1S/C26H25N3O6/c1-17(30)27-25(34)22(16-24(32)33)29-21(19-10-6-3-7-11-19)14-13-20(26(29)35)28-23(31)15-12-18-8-4-2-5-9-18/h2-11,13-14,22H,12,15-16H2,1H3,(H,28,31)(H,32,33)(H,27,30,34). The Balaban J connectivity index is 2.01. The largest absolute Gasteiger partial charge is 0.481 e. The number of aliphatic carboxylic acids is 1. The lowest BCUT2D eigenvalue weighted by molar-refractivity contribution is -0.142. The highest BCUT2D eigenvalue weighted by Gasteiger charge is 2.29. The van der Waals surface area contributed by atoms with Gasteiger partial charge in [-0.1, -0.05) is 60.7 Å². The molecule has 0 radical (unpaired) electrons. The van der Waals surface area contributed by atoms with E-state index in [-0.39, 0.29) is 17.8 Å². The number of imide groups is 1. The number of nitrogens with zero attached hydrogens (tertiary/aromatic N) is 1. The summed E-state index contributed by atoms with van der Waals surface area (Å²) in [5.41, 5.74) is 0.917. The molecule has 0 bridgehead atoms. The third-order valence-corrected chi connectivity index (χ3v) is 5.23. The molecule has 2 aromatic carbocycles. The molecule has 0 aliphatic heterocycles. The monoisotopic (exact) mass is 475 g/mol. The maximum Gasteiger partial charge on any atom is 0.306 e. The molecular formula is C26H25N3O6. The molecule has 0 saturated heterocycles. The van der Waals surface area contributed by atoms with Crippen molar-refractivity contribution < 1.29 is 24.3 Å². The van der Waals surface area contributed by atoms with Gasteiger partial charge in [0, 0.05) is 13.3 Å². The first-order chi connectivity index (χ1) is 16.8. The smallest absolute Gasteiger partial charge is 0.306 e. The molecule has 0 aliphatic rings. The van der Waals surface area contributed by atoms with Crippen molar-refractivity contribution in [2.45, 2.75) is 32.2 Å². The zero-order valence-corrected chi connectivity index (χ0v) is 19.1. The van der Waals surface area contributed by atoms with Crippen molar-refractivity contribution in [1.82, 2.24) is 9.88 Å². The van der Waals surface area contributed by atoms with Crippen molar-refractivity contribution in [2.75, 3.05) is 5.32 Å². The summed E-state index contributed by atoms with van der Waals surface area (Å²) < 4.78 is 1.01. The molecule has 3 amide bonds. The van der Waals surface area contributed by atoms with Crippen molar-refractivity contribution in [2.24, 2.45) is 0 Å². The molecule has 0 aliphatic carbocycles. The minimum atomic E-state index is -1.53. The van der Waals surface area contributed by atoms with Crippen LogP contribution in [0.2, 0.25) is 0 Å². The van der Waals surface area contributed by atoms with Crippen molar-refractivity contribution in [1.29, 1.82) is 0 Å². The number of anilines is 1. The summed E-state index contributed by atoms with van der Waals surface area (Å²) in [5.74, 6) is -3.37. The van der Waals surface area contributed by atoms with Gasteiger partial charge in [-0.2, -0.15) is 0 Å². The van der Waals surface area contributed by atoms with Crippen LogP contribution >= 0.6 is 0 Å². The fourth-order valence-corrected chi connectivity index (χ4v) is 3.64. The molecule has 180 valence electrons. The number of hydrogen-bond acceptors (Lipinski definition) is 5. The highest BCUT2D eigenvalue weighted by atomic mass is 16.4. The Morgan fingerprint density at radius 1 is 0.914 bits per heavy atom. The number of nitrogens with one attached hydrogen (secondary N) is 2. The summed E-state index contributed by atoms with van der Waals surface area (Å²) in [6.45, 7) is 1.11. The Hall–Kier alpha value is -4.53. The molecule has 1 atom stereocenters. The average molecular weight is 476 g/mol. The van der Waals surface area contributed by atoms with Crippen LogP contribution in [0.3, 0.4) is 0 Å². The van der Waals surface area contributed by atoms with E-state index in [2.05, 4.69) is 10.6 Å². The van der Waals surface area contributed by atoms with E-state index in [1.165, 1.54) is 12.1 Å². The molecule has 1 aromatic heterocycles. The molecule has 9 nitrogen and oxygen atoms in total. The van der Waals surface area contributed by atoms with Gasteiger partial charge < -0.3 is 10.4 Å². The van der Waals surface area contributed by atoms with Gasteiger partial charge in [0.25, 0.3) is 5.56 Å². The number of rotatable bonds is 9. The fraction of sp³-hybridized carbons (Fsp3) is 0.192. The lowest BCUT2D eigenvalue weighted by atomic mass is 10.1. The Morgan fingerprint density at radius 2 is 1.54 bits per heavy atom. The van der Waals surface area contributed by atoms with Crippen LogP contribution in [0.1, 0.15) is 31.4 Å². The second-order valence-corrected chi connectivity index (χ2v) is 7.87. The number of carbonyl (C=O) groups is 4. The maximum atomic E-state index is 13.5. The van der Waals surface area contributed by atoms with Crippen molar-refractivity contribution in [3.05, 3.63) is 88.7 Å². The summed E-state index contributed by atoms with van der Waals surface area (Å²) in [6, 6.07) is 19.4. The van der Waals surface area contributed by atoms with Gasteiger partial charge in [-0.15, -0.1) is 0 Å². The third-order valence-electron chi connectivity index (χ3n) is 5.23. The molecule has 0 fully saturated rings. The number of carboxylic acid groups (broad SMARTS) is 1. The lowest BCUT2D eigenvalue weighted by Gasteiger charge is -2.22. The van der Waals surface area contributed by atoms with E-state index >= 15 is 0 Å². The highest BCUT2D eigenvalue weighted by Crippen LogP contribution is 2.24. The zero-order chi connectivity index (χ0) is 25.4.